The molecule has 0 bridgehead atoms. The van der Waals surface area contributed by atoms with Crippen molar-refractivity contribution in [1.82, 2.24) is 9.61 Å². The lowest BCUT2D eigenvalue weighted by Crippen LogP contribution is -1.85. The van der Waals surface area contributed by atoms with E-state index in [1.807, 2.05) is 24.3 Å². The average molecular weight is 153 g/mol. The van der Waals surface area contributed by atoms with Crippen LogP contribution in [0.3, 0.4) is 0 Å². The highest BCUT2D eigenvalue weighted by Gasteiger charge is 1.94. The van der Waals surface area contributed by atoms with E-state index in [0.717, 1.165) is 5.52 Å². The maximum atomic E-state index is 5.80. The van der Waals surface area contributed by atoms with Crippen LogP contribution in [0.25, 0.3) is 5.52 Å². The minimum atomic E-state index is 0.641. The van der Waals surface area contributed by atoms with E-state index < -0.39 is 0 Å². The molecule has 2 rings (SSSR count). The summed E-state index contributed by atoms with van der Waals surface area (Å²) in [5, 5.41) is 4.64. The Balaban J connectivity index is 2.95. The highest BCUT2D eigenvalue weighted by atomic mass is 35.5. The molecule has 0 spiro atoms. The second kappa shape index (κ2) is 1.99. The minimum Gasteiger partial charge on any atom is -0.222 e. The first-order chi connectivity index (χ1) is 4.88. The van der Waals surface area contributed by atoms with Gasteiger partial charge in [0.25, 0.3) is 0 Å². The van der Waals surface area contributed by atoms with Crippen molar-refractivity contribution < 1.29 is 0 Å². The Morgan fingerprint density at radius 3 is 3.00 bits per heavy atom. The first-order valence-electron chi connectivity index (χ1n) is 2.96. The largest absolute Gasteiger partial charge is 0.222 e. The fourth-order valence-corrected chi connectivity index (χ4v) is 1.13. The number of fused-ring (bicyclic) bond motifs is 1. The van der Waals surface area contributed by atoms with Gasteiger partial charge in [-0.25, -0.2) is 4.52 Å². The van der Waals surface area contributed by atoms with Crippen LogP contribution in [0.1, 0.15) is 0 Å². The van der Waals surface area contributed by atoms with Gasteiger partial charge in [0, 0.05) is 0 Å². The molecule has 0 aromatic carbocycles. The number of hydrogen-bond acceptors (Lipinski definition) is 1. The Morgan fingerprint density at radius 1 is 1.30 bits per heavy atom. The number of rotatable bonds is 0. The fourth-order valence-electron chi connectivity index (χ4n) is 0.915. The summed E-state index contributed by atoms with van der Waals surface area (Å²) < 4.78 is 1.68. The molecule has 0 saturated heterocycles. The predicted octanol–water partition coefficient (Wildman–Crippen LogP) is 1.99. The average Bonchev–Trinajstić information content (AvgIpc) is 2.36. The Kier molecular flexibility index (Phi) is 1.14. The van der Waals surface area contributed by atoms with E-state index in [0.29, 0.717) is 5.15 Å². The first-order valence-corrected chi connectivity index (χ1v) is 3.34. The Bertz CT molecular complexity index is 353. The van der Waals surface area contributed by atoms with Gasteiger partial charge in [0.15, 0.2) is 0 Å². The van der Waals surface area contributed by atoms with Crippen molar-refractivity contribution in [3.05, 3.63) is 35.6 Å². The van der Waals surface area contributed by atoms with Gasteiger partial charge in [-0.3, -0.25) is 0 Å². The highest BCUT2D eigenvalue weighted by Crippen LogP contribution is 2.10. The summed E-state index contributed by atoms with van der Waals surface area (Å²) >= 11 is 5.80. The summed E-state index contributed by atoms with van der Waals surface area (Å²) in [5.74, 6) is 0. The molecule has 2 nitrogen and oxygen atoms in total. The zero-order chi connectivity index (χ0) is 6.97. The van der Waals surface area contributed by atoms with Gasteiger partial charge in [0.1, 0.15) is 5.15 Å². The third-order valence-electron chi connectivity index (χ3n) is 1.38. The van der Waals surface area contributed by atoms with Crippen molar-refractivity contribution in [2.45, 2.75) is 0 Å². The van der Waals surface area contributed by atoms with Crippen LogP contribution in [0, 0.1) is 0 Å². The molecule has 0 aliphatic carbocycles. The lowest BCUT2D eigenvalue weighted by atomic mass is 10.4. The molecule has 0 aliphatic heterocycles. The fraction of sp³-hybridized carbons (Fsp3) is 0. The summed E-state index contributed by atoms with van der Waals surface area (Å²) in [6, 6.07) is 7.58. The topological polar surface area (TPSA) is 17.3 Å². The predicted molar refractivity (Wildman–Crippen MR) is 40.2 cm³/mol. The summed E-state index contributed by atoms with van der Waals surface area (Å²) in [5.41, 5.74) is 1.02. The van der Waals surface area contributed by atoms with Gasteiger partial charge in [0.05, 0.1) is 11.7 Å². The van der Waals surface area contributed by atoms with Gasteiger partial charge in [-0.15, -0.1) is 0 Å². The molecule has 2 heterocycles. The van der Waals surface area contributed by atoms with Crippen LogP contribution in [0.2, 0.25) is 5.15 Å². The standard InChI is InChI=1S/C7H5ClN2/c8-7-3-1-2-6-4-5-9-10(6)7/h1-5H. The molecule has 2 aromatic heterocycles. The van der Waals surface area contributed by atoms with E-state index >= 15 is 0 Å². The molecule has 50 valence electrons. The van der Waals surface area contributed by atoms with E-state index in [1.54, 1.807) is 10.7 Å². The molecule has 0 atom stereocenters. The number of hydrogen-bond donors (Lipinski definition) is 0. The van der Waals surface area contributed by atoms with Crippen LogP contribution in [-0.2, 0) is 0 Å². The number of halogens is 1. The van der Waals surface area contributed by atoms with Gasteiger partial charge in [-0.2, -0.15) is 5.10 Å². The maximum Gasteiger partial charge on any atom is 0.131 e. The Hall–Kier alpha value is -1.02. The quantitative estimate of drug-likeness (QED) is 0.528. The lowest BCUT2D eigenvalue weighted by molar-refractivity contribution is 0.962. The zero-order valence-electron chi connectivity index (χ0n) is 5.16. The van der Waals surface area contributed by atoms with Crippen molar-refractivity contribution in [1.29, 1.82) is 0 Å². The van der Waals surface area contributed by atoms with E-state index in [9.17, 15) is 0 Å². The second-order valence-corrected chi connectivity index (χ2v) is 2.40. The third-order valence-corrected chi connectivity index (χ3v) is 1.66. The molecule has 0 fully saturated rings. The molecule has 0 radical (unpaired) electrons. The van der Waals surface area contributed by atoms with Crippen LogP contribution < -0.4 is 0 Å². The van der Waals surface area contributed by atoms with Crippen molar-refractivity contribution in [3.8, 4) is 0 Å². The van der Waals surface area contributed by atoms with Crippen LogP contribution in [-0.4, -0.2) is 9.61 Å². The van der Waals surface area contributed by atoms with E-state index in [1.165, 1.54) is 0 Å². The van der Waals surface area contributed by atoms with Crippen molar-refractivity contribution in [2.24, 2.45) is 0 Å². The molecule has 0 saturated carbocycles. The minimum absolute atomic E-state index is 0.641. The number of nitrogens with zero attached hydrogens (tertiary/aromatic N) is 2. The number of pyridine rings is 1. The van der Waals surface area contributed by atoms with Crippen LogP contribution in [0.4, 0.5) is 0 Å². The summed E-state index contributed by atoms with van der Waals surface area (Å²) in [7, 11) is 0. The summed E-state index contributed by atoms with van der Waals surface area (Å²) in [4.78, 5) is 0. The highest BCUT2D eigenvalue weighted by molar-refractivity contribution is 6.29. The molecule has 10 heavy (non-hydrogen) atoms. The molecule has 0 unspecified atom stereocenters. The van der Waals surface area contributed by atoms with Crippen molar-refractivity contribution in [3.63, 3.8) is 0 Å². The summed E-state index contributed by atoms with van der Waals surface area (Å²) in [6.07, 6.45) is 1.72. The second-order valence-electron chi connectivity index (χ2n) is 2.02. The first kappa shape index (κ1) is 5.74. The number of aromatic nitrogens is 2. The van der Waals surface area contributed by atoms with Gasteiger partial charge in [-0.1, -0.05) is 17.7 Å². The Labute approximate surface area is 63.0 Å². The monoisotopic (exact) mass is 152 g/mol. The van der Waals surface area contributed by atoms with Gasteiger partial charge in [-0.05, 0) is 18.2 Å². The maximum absolute atomic E-state index is 5.80. The van der Waals surface area contributed by atoms with Crippen LogP contribution in [0.15, 0.2) is 30.5 Å². The molecule has 2 aromatic rings. The summed E-state index contributed by atoms with van der Waals surface area (Å²) in [6.45, 7) is 0. The molecular formula is C7H5ClN2. The molecule has 0 N–H and O–H groups in total. The van der Waals surface area contributed by atoms with E-state index in [-0.39, 0.29) is 0 Å². The normalized spacial score (nSPS) is 10.5. The molecule has 3 heteroatoms. The zero-order valence-corrected chi connectivity index (χ0v) is 5.92. The van der Waals surface area contributed by atoms with Crippen molar-refractivity contribution >= 4 is 17.1 Å². The van der Waals surface area contributed by atoms with E-state index in [4.69, 9.17) is 11.6 Å². The van der Waals surface area contributed by atoms with Gasteiger partial charge >= 0.3 is 0 Å². The Morgan fingerprint density at radius 2 is 2.20 bits per heavy atom. The van der Waals surface area contributed by atoms with Gasteiger partial charge in [0.2, 0.25) is 0 Å². The SMILES string of the molecule is Clc1cccc2ccnn12. The van der Waals surface area contributed by atoms with Crippen LogP contribution >= 0.6 is 11.6 Å². The molecular weight excluding hydrogens is 148 g/mol. The lowest BCUT2D eigenvalue weighted by Gasteiger charge is -1.93. The molecule has 0 amide bonds. The van der Waals surface area contributed by atoms with E-state index in [2.05, 4.69) is 5.10 Å². The third kappa shape index (κ3) is 0.693. The van der Waals surface area contributed by atoms with Crippen LogP contribution in [0.5, 0.6) is 0 Å². The van der Waals surface area contributed by atoms with Gasteiger partial charge < -0.3 is 0 Å². The smallest absolute Gasteiger partial charge is 0.131 e. The molecule has 0 aliphatic rings. The van der Waals surface area contributed by atoms with Crippen molar-refractivity contribution in [2.75, 3.05) is 0 Å².